The van der Waals surface area contributed by atoms with Crippen LogP contribution in [0.25, 0.3) is 0 Å². The molecule has 1 aromatic rings. The highest BCUT2D eigenvalue weighted by Gasteiger charge is 2.31. The maximum atomic E-state index is 11.8. The second-order valence-electron chi connectivity index (χ2n) is 4.37. The first-order valence-electron chi connectivity index (χ1n) is 6.20. The van der Waals surface area contributed by atoms with Gasteiger partial charge in [0.1, 0.15) is 12.9 Å². The van der Waals surface area contributed by atoms with Crippen LogP contribution in [0.3, 0.4) is 0 Å². The smallest absolute Gasteiger partial charge is 0.328 e. The maximum absolute atomic E-state index is 11.8. The summed E-state index contributed by atoms with van der Waals surface area (Å²) in [6, 6.07) is 0.325. The van der Waals surface area contributed by atoms with Crippen LogP contribution in [0, 0.1) is 0 Å². The normalized spacial score (nSPS) is 14.2. The Kier molecular flexibility index (Phi) is 3.98. The van der Waals surface area contributed by atoms with Gasteiger partial charge < -0.3 is 15.4 Å². The van der Waals surface area contributed by atoms with Gasteiger partial charge in [-0.25, -0.2) is 9.67 Å². The van der Waals surface area contributed by atoms with Crippen LogP contribution in [-0.4, -0.2) is 50.7 Å². The van der Waals surface area contributed by atoms with Gasteiger partial charge in [0.25, 0.3) is 5.91 Å². The Balaban J connectivity index is 1.75. The van der Waals surface area contributed by atoms with Gasteiger partial charge in [0.2, 0.25) is 5.95 Å². The van der Waals surface area contributed by atoms with E-state index < -0.39 is 5.97 Å². The molecule has 1 amide bonds. The summed E-state index contributed by atoms with van der Waals surface area (Å²) in [6.45, 7) is 2.22. The van der Waals surface area contributed by atoms with Crippen molar-refractivity contribution in [3.63, 3.8) is 0 Å². The van der Waals surface area contributed by atoms with Crippen molar-refractivity contribution in [2.45, 2.75) is 32.4 Å². The quantitative estimate of drug-likeness (QED) is 0.691. The molecule has 0 bridgehead atoms. The molecule has 1 aromatic heterocycles. The number of nitrogens with zero attached hydrogens (tertiary/aromatic N) is 4. The minimum Gasteiger partial charge on any atom is -0.454 e. The van der Waals surface area contributed by atoms with Crippen molar-refractivity contribution in [2.75, 3.05) is 18.9 Å². The van der Waals surface area contributed by atoms with Crippen molar-refractivity contribution in [2.24, 2.45) is 0 Å². The number of nitrogen functional groups attached to an aromatic ring is 1. The molecule has 1 heterocycles. The largest absolute Gasteiger partial charge is 0.454 e. The Morgan fingerprint density at radius 1 is 1.58 bits per heavy atom. The van der Waals surface area contributed by atoms with Crippen molar-refractivity contribution >= 4 is 17.8 Å². The van der Waals surface area contributed by atoms with Gasteiger partial charge in [0.05, 0.1) is 0 Å². The van der Waals surface area contributed by atoms with Crippen molar-refractivity contribution in [1.29, 1.82) is 0 Å². The average molecular weight is 267 g/mol. The van der Waals surface area contributed by atoms with Crippen LogP contribution < -0.4 is 5.73 Å². The molecule has 2 N–H and O–H groups in total. The molecule has 0 saturated heterocycles. The number of aromatic nitrogens is 3. The number of amides is 1. The maximum Gasteiger partial charge on any atom is 0.328 e. The van der Waals surface area contributed by atoms with Crippen LogP contribution in [-0.2, 0) is 20.9 Å². The fourth-order valence-electron chi connectivity index (χ4n) is 1.81. The number of hydrogen-bond acceptors (Lipinski definition) is 6. The fourth-order valence-corrected chi connectivity index (χ4v) is 1.81. The monoisotopic (exact) mass is 267 g/mol. The van der Waals surface area contributed by atoms with Gasteiger partial charge in [-0.3, -0.25) is 9.59 Å². The van der Waals surface area contributed by atoms with Gasteiger partial charge in [-0.2, -0.15) is 0 Å². The molecule has 19 heavy (non-hydrogen) atoms. The number of carbonyl (C=O) groups is 2. The molecule has 1 fully saturated rings. The van der Waals surface area contributed by atoms with Crippen LogP contribution in [0.15, 0.2) is 6.33 Å². The summed E-state index contributed by atoms with van der Waals surface area (Å²) < 4.78 is 6.18. The van der Waals surface area contributed by atoms with E-state index in [4.69, 9.17) is 10.5 Å². The number of esters is 1. The van der Waals surface area contributed by atoms with E-state index >= 15 is 0 Å². The highest BCUT2D eigenvalue weighted by Crippen LogP contribution is 2.26. The molecular formula is C11H17N5O3. The first kappa shape index (κ1) is 13.3. The molecule has 0 unspecified atom stereocenters. The summed E-state index contributed by atoms with van der Waals surface area (Å²) in [6.07, 6.45) is 3.40. The number of anilines is 1. The SMILES string of the molecule is CCN(C(=O)COC(=O)Cn1cnc(N)n1)C1CC1. The molecule has 1 saturated carbocycles. The Morgan fingerprint density at radius 2 is 2.32 bits per heavy atom. The molecule has 2 rings (SSSR count). The van der Waals surface area contributed by atoms with Gasteiger partial charge in [-0.05, 0) is 19.8 Å². The lowest BCUT2D eigenvalue weighted by Gasteiger charge is -2.19. The lowest BCUT2D eigenvalue weighted by molar-refractivity contribution is -0.152. The summed E-state index contributed by atoms with van der Waals surface area (Å²) in [5.41, 5.74) is 5.32. The van der Waals surface area contributed by atoms with Gasteiger partial charge in [0.15, 0.2) is 6.61 Å². The third kappa shape index (κ3) is 3.67. The summed E-state index contributed by atoms with van der Waals surface area (Å²) in [7, 11) is 0. The number of nitrogens with two attached hydrogens (primary N) is 1. The van der Waals surface area contributed by atoms with E-state index in [1.165, 1.54) is 11.0 Å². The zero-order valence-corrected chi connectivity index (χ0v) is 10.8. The second-order valence-corrected chi connectivity index (χ2v) is 4.37. The molecule has 0 atom stereocenters. The second kappa shape index (κ2) is 5.68. The third-order valence-corrected chi connectivity index (χ3v) is 2.85. The minimum absolute atomic E-state index is 0.0924. The summed E-state index contributed by atoms with van der Waals surface area (Å²) >= 11 is 0. The molecule has 0 aromatic carbocycles. The molecular weight excluding hydrogens is 250 g/mol. The standard InChI is InChI=1S/C11H17N5O3/c1-2-16(8-3-4-8)9(17)6-19-10(18)5-15-7-13-11(12)14-15/h7-8H,2-6H2,1H3,(H2,12,14). The van der Waals surface area contributed by atoms with Gasteiger partial charge in [-0.1, -0.05) is 0 Å². The molecule has 0 spiro atoms. The number of rotatable bonds is 6. The highest BCUT2D eigenvalue weighted by atomic mass is 16.5. The highest BCUT2D eigenvalue weighted by molar-refractivity contribution is 5.81. The van der Waals surface area contributed by atoms with E-state index in [1.54, 1.807) is 4.90 Å². The van der Waals surface area contributed by atoms with Crippen molar-refractivity contribution in [1.82, 2.24) is 19.7 Å². The van der Waals surface area contributed by atoms with Crippen LogP contribution in [0.5, 0.6) is 0 Å². The molecule has 8 heteroatoms. The Labute approximate surface area is 110 Å². The molecule has 104 valence electrons. The molecule has 8 nitrogen and oxygen atoms in total. The van der Waals surface area contributed by atoms with Crippen LogP contribution >= 0.6 is 0 Å². The Bertz CT molecular complexity index is 469. The Morgan fingerprint density at radius 3 is 2.84 bits per heavy atom. The third-order valence-electron chi connectivity index (χ3n) is 2.85. The molecule has 1 aliphatic carbocycles. The van der Waals surface area contributed by atoms with Crippen LogP contribution in [0.4, 0.5) is 5.95 Å². The van der Waals surface area contributed by atoms with Crippen molar-refractivity contribution < 1.29 is 14.3 Å². The van der Waals surface area contributed by atoms with E-state index in [0.717, 1.165) is 12.8 Å². The first-order valence-corrected chi connectivity index (χ1v) is 6.20. The zero-order chi connectivity index (χ0) is 13.8. The molecule has 1 aliphatic rings. The average Bonchev–Trinajstić information content (AvgIpc) is 3.12. The van der Waals surface area contributed by atoms with E-state index in [0.29, 0.717) is 12.6 Å². The predicted octanol–water partition coefficient (Wildman–Crippen LogP) is -0.586. The number of likely N-dealkylation sites (N-methyl/N-ethyl adjacent to an activating group) is 1. The summed E-state index contributed by atoms with van der Waals surface area (Å²) in [5, 5.41) is 3.75. The van der Waals surface area contributed by atoms with Gasteiger partial charge >= 0.3 is 5.97 Å². The van der Waals surface area contributed by atoms with E-state index in [9.17, 15) is 9.59 Å². The lowest BCUT2D eigenvalue weighted by atomic mass is 10.4. The summed E-state index contributed by atoms with van der Waals surface area (Å²) in [4.78, 5) is 28.7. The topological polar surface area (TPSA) is 103 Å². The van der Waals surface area contributed by atoms with E-state index in [1.807, 2.05) is 6.92 Å². The van der Waals surface area contributed by atoms with E-state index in [2.05, 4.69) is 10.1 Å². The van der Waals surface area contributed by atoms with Crippen molar-refractivity contribution in [3.05, 3.63) is 6.33 Å². The number of ether oxygens (including phenoxy) is 1. The number of carbonyl (C=O) groups excluding carboxylic acids is 2. The van der Waals surface area contributed by atoms with Gasteiger partial charge in [0, 0.05) is 12.6 Å². The molecule has 0 radical (unpaired) electrons. The zero-order valence-electron chi connectivity index (χ0n) is 10.8. The lowest BCUT2D eigenvalue weighted by Crippen LogP contribution is -2.36. The molecule has 0 aliphatic heterocycles. The van der Waals surface area contributed by atoms with Gasteiger partial charge in [-0.15, -0.1) is 5.10 Å². The number of hydrogen-bond donors (Lipinski definition) is 1. The van der Waals surface area contributed by atoms with Crippen LogP contribution in [0.1, 0.15) is 19.8 Å². The predicted molar refractivity (Wildman–Crippen MR) is 65.8 cm³/mol. The van der Waals surface area contributed by atoms with E-state index in [-0.39, 0.29) is 25.0 Å². The van der Waals surface area contributed by atoms with Crippen LogP contribution in [0.2, 0.25) is 0 Å². The summed E-state index contributed by atoms with van der Waals surface area (Å²) in [5.74, 6) is -0.601. The fraction of sp³-hybridized carbons (Fsp3) is 0.636. The Hall–Kier alpha value is -2.12. The minimum atomic E-state index is -0.537. The van der Waals surface area contributed by atoms with Crippen molar-refractivity contribution in [3.8, 4) is 0 Å². The first-order chi connectivity index (χ1) is 9.10.